The zero-order chi connectivity index (χ0) is 30.2. The number of carbonyl (C=O) groups is 1. The molecule has 24 heteroatoms. The van der Waals surface area contributed by atoms with Crippen LogP contribution in [0.4, 0.5) is 96.6 Å². The van der Waals surface area contributed by atoms with Gasteiger partial charge in [-0.3, -0.25) is 0 Å². The summed E-state index contributed by atoms with van der Waals surface area (Å²) in [7, 11) is 0. The Kier molecular flexibility index (Phi) is 7.74. The molecular formula is C12H2F22O2. The van der Waals surface area contributed by atoms with Crippen LogP contribution in [0.2, 0.25) is 0 Å². The quantitative estimate of drug-likeness (QED) is 0.286. The van der Waals surface area contributed by atoms with Crippen molar-refractivity contribution >= 4 is 5.97 Å². The van der Waals surface area contributed by atoms with Gasteiger partial charge in [0.05, 0.1) is 0 Å². The molecule has 0 bridgehead atoms. The van der Waals surface area contributed by atoms with Crippen LogP contribution < -0.4 is 0 Å². The van der Waals surface area contributed by atoms with E-state index < -0.39 is 71.6 Å². The van der Waals surface area contributed by atoms with Crippen LogP contribution in [0.5, 0.6) is 0 Å². The standard InChI is InChI=1S/C12H2F22O2/c13-1(2(35)36)3(14,15)4(16,17)5(18,19)6(20,21)7(22,23)8(24,25)9(26,27)10(28,29)11(30,31)12(32,33)34/h1H,(H,35,36). The maximum absolute atomic E-state index is 13.4. The minimum Gasteiger partial charge on any atom is -0.479 e. The third kappa shape index (κ3) is 3.86. The van der Waals surface area contributed by atoms with Gasteiger partial charge in [0.15, 0.2) is 0 Å². The lowest BCUT2D eigenvalue weighted by atomic mass is 9.85. The summed E-state index contributed by atoms with van der Waals surface area (Å²) in [6, 6.07) is 0. The topological polar surface area (TPSA) is 37.3 Å². The molecule has 0 aromatic rings. The Morgan fingerprint density at radius 2 is 0.611 bits per heavy atom. The maximum atomic E-state index is 13.4. The molecule has 0 aromatic heterocycles. The summed E-state index contributed by atoms with van der Waals surface area (Å²) in [4.78, 5) is 9.91. The van der Waals surface area contributed by atoms with Gasteiger partial charge in [-0.1, -0.05) is 0 Å². The number of alkyl halides is 22. The lowest BCUT2D eigenvalue weighted by molar-refractivity contribution is -0.474. The van der Waals surface area contributed by atoms with Gasteiger partial charge in [-0.2, -0.15) is 92.2 Å². The molecule has 0 aromatic carbocycles. The van der Waals surface area contributed by atoms with E-state index in [9.17, 15) is 101 Å². The van der Waals surface area contributed by atoms with Crippen molar-refractivity contribution in [3.63, 3.8) is 0 Å². The first-order valence-electron chi connectivity index (χ1n) is 7.44. The summed E-state index contributed by atoms with van der Waals surface area (Å²) in [5.41, 5.74) is 0. The van der Waals surface area contributed by atoms with E-state index in [4.69, 9.17) is 5.11 Å². The van der Waals surface area contributed by atoms with E-state index in [1.807, 2.05) is 0 Å². The normalized spacial score (nSPS) is 17.3. The number of rotatable bonds is 10. The average Bonchev–Trinajstić information content (AvgIpc) is 2.64. The Morgan fingerprint density at radius 3 is 0.806 bits per heavy atom. The summed E-state index contributed by atoms with van der Waals surface area (Å²) < 4.78 is 285. The number of halogens is 22. The summed E-state index contributed by atoms with van der Waals surface area (Å²) in [6.45, 7) is 0. The Balaban J connectivity index is 7.14. The van der Waals surface area contributed by atoms with Crippen molar-refractivity contribution in [3.05, 3.63) is 0 Å². The van der Waals surface area contributed by atoms with E-state index in [0.717, 1.165) is 0 Å². The maximum Gasteiger partial charge on any atom is 0.460 e. The molecule has 1 atom stereocenters. The van der Waals surface area contributed by atoms with Gasteiger partial charge in [-0.15, -0.1) is 0 Å². The molecule has 0 spiro atoms. The van der Waals surface area contributed by atoms with Gasteiger partial charge in [-0.05, 0) is 0 Å². The van der Waals surface area contributed by atoms with E-state index in [1.54, 1.807) is 0 Å². The second-order valence-electron chi connectivity index (χ2n) is 6.42. The van der Waals surface area contributed by atoms with Crippen LogP contribution in [0.25, 0.3) is 0 Å². The fourth-order valence-corrected chi connectivity index (χ4v) is 1.88. The van der Waals surface area contributed by atoms with E-state index in [2.05, 4.69) is 0 Å². The predicted octanol–water partition coefficient (Wildman–Crippen LogP) is 6.69. The lowest BCUT2D eigenvalue weighted by Crippen LogP contribution is -2.77. The first-order chi connectivity index (χ1) is 15.1. The smallest absolute Gasteiger partial charge is 0.460 e. The molecule has 0 radical (unpaired) electrons. The molecule has 2 nitrogen and oxygen atoms in total. The van der Waals surface area contributed by atoms with Gasteiger partial charge in [-0.25, -0.2) is 9.18 Å². The Labute approximate surface area is 179 Å². The van der Waals surface area contributed by atoms with Gasteiger partial charge in [0.1, 0.15) is 0 Å². The Hall–Kier alpha value is -2.07. The number of hydrogen-bond donors (Lipinski definition) is 1. The van der Waals surface area contributed by atoms with Crippen molar-refractivity contribution in [1.29, 1.82) is 0 Å². The summed E-state index contributed by atoms with van der Waals surface area (Å²) in [6.07, 6.45) is -13.8. The SMILES string of the molecule is O=C(O)C(F)C(F)(F)C(F)(F)C(F)(F)C(F)(F)C(F)(F)C(F)(F)C(F)(F)C(F)(F)C(F)(F)C(F)(F)F. The van der Waals surface area contributed by atoms with Crippen LogP contribution in [0, 0.1) is 0 Å². The minimum atomic E-state index is -9.37. The molecule has 0 aliphatic rings. The molecule has 0 saturated carbocycles. The van der Waals surface area contributed by atoms with Crippen molar-refractivity contribution in [3.8, 4) is 0 Å². The van der Waals surface area contributed by atoms with Crippen LogP contribution in [-0.4, -0.2) is 76.7 Å². The second-order valence-corrected chi connectivity index (χ2v) is 6.42. The fourth-order valence-electron chi connectivity index (χ4n) is 1.88. The largest absolute Gasteiger partial charge is 0.479 e. The Bertz CT molecular complexity index is 836. The molecule has 36 heavy (non-hydrogen) atoms. The third-order valence-electron chi connectivity index (χ3n) is 4.07. The van der Waals surface area contributed by atoms with Crippen LogP contribution in [0.3, 0.4) is 0 Å². The highest BCUT2D eigenvalue weighted by Gasteiger charge is 2.98. The number of carboxylic acid groups (broad SMARTS) is 1. The number of aliphatic carboxylic acids is 1. The van der Waals surface area contributed by atoms with Crippen LogP contribution in [0.1, 0.15) is 0 Å². The highest BCUT2D eigenvalue weighted by Crippen LogP contribution is 2.66. The van der Waals surface area contributed by atoms with E-state index in [-0.39, 0.29) is 0 Å². The molecule has 0 fully saturated rings. The lowest BCUT2D eigenvalue weighted by Gasteiger charge is -2.44. The van der Waals surface area contributed by atoms with Gasteiger partial charge < -0.3 is 5.11 Å². The molecule has 0 rings (SSSR count). The monoisotopic (exact) mass is 596 g/mol. The fraction of sp³-hybridized carbons (Fsp3) is 0.917. The number of hydrogen-bond acceptors (Lipinski definition) is 1. The zero-order valence-electron chi connectivity index (χ0n) is 15.2. The molecule has 0 saturated heterocycles. The summed E-state index contributed by atoms with van der Waals surface area (Å²) >= 11 is 0. The first kappa shape index (κ1) is 33.9. The van der Waals surface area contributed by atoms with Gasteiger partial charge in [0.2, 0.25) is 0 Å². The van der Waals surface area contributed by atoms with Crippen molar-refractivity contribution in [1.82, 2.24) is 0 Å². The molecule has 1 unspecified atom stereocenters. The van der Waals surface area contributed by atoms with Crippen LogP contribution in [-0.2, 0) is 4.79 Å². The van der Waals surface area contributed by atoms with Crippen LogP contribution in [0.15, 0.2) is 0 Å². The summed E-state index contributed by atoms with van der Waals surface area (Å²) in [5.74, 6) is -84.1. The van der Waals surface area contributed by atoms with Crippen molar-refractivity contribution in [2.45, 2.75) is 65.7 Å². The molecule has 0 aliphatic carbocycles. The molecule has 0 aliphatic heterocycles. The van der Waals surface area contributed by atoms with Gasteiger partial charge >= 0.3 is 65.4 Å². The highest BCUT2D eigenvalue weighted by molar-refractivity contribution is 5.73. The third-order valence-corrected chi connectivity index (χ3v) is 4.07. The van der Waals surface area contributed by atoms with E-state index in [0.29, 0.717) is 0 Å². The van der Waals surface area contributed by atoms with Crippen LogP contribution >= 0.6 is 0 Å². The molecule has 0 amide bonds. The Morgan fingerprint density at radius 1 is 0.417 bits per heavy atom. The average molecular weight is 596 g/mol. The van der Waals surface area contributed by atoms with Crippen molar-refractivity contribution in [2.24, 2.45) is 0 Å². The molecule has 216 valence electrons. The van der Waals surface area contributed by atoms with Crippen molar-refractivity contribution in [2.75, 3.05) is 0 Å². The predicted molar refractivity (Wildman–Crippen MR) is 63.1 cm³/mol. The second kappa shape index (κ2) is 8.21. The van der Waals surface area contributed by atoms with Crippen molar-refractivity contribution < 1.29 is 106 Å². The minimum absolute atomic E-state index is 3.93. The molecule has 1 N–H and O–H groups in total. The first-order valence-corrected chi connectivity index (χ1v) is 7.44. The molecule has 0 heterocycles. The van der Waals surface area contributed by atoms with E-state index in [1.165, 1.54) is 0 Å². The van der Waals surface area contributed by atoms with Gasteiger partial charge in [0.25, 0.3) is 6.17 Å². The molecular weight excluding hydrogens is 594 g/mol. The van der Waals surface area contributed by atoms with E-state index >= 15 is 0 Å². The van der Waals surface area contributed by atoms with Gasteiger partial charge in [0, 0.05) is 0 Å². The zero-order valence-corrected chi connectivity index (χ0v) is 15.2. The number of carboxylic acids is 1. The summed E-state index contributed by atoms with van der Waals surface area (Å²) in [5, 5.41) is 7.74. The highest BCUT2D eigenvalue weighted by atomic mass is 19.4.